The van der Waals surface area contributed by atoms with Crippen LogP contribution in [0.3, 0.4) is 0 Å². The normalized spacial score (nSPS) is 10.5. The van der Waals surface area contributed by atoms with Gasteiger partial charge in [-0.1, -0.05) is 19.1 Å². The molecule has 0 amide bonds. The number of Topliss-reactive ketones (excluding diaryl/α,β-unsaturated/α-hetero) is 1. The second kappa shape index (κ2) is 7.53. The van der Waals surface area contributed by atoms with E-state index in [4.69, 9.17) is 9.84 Å². The van der Waals surface area contributed by atoms with Crippen LogP contribution in [0.4, 0.5) is 0 Å². The van der Waals surface area contributed by atoms with Crippen LogP contribution >= 0.6 is 0 Å². The van der Waals surface area contributed by atoms with Gasteiger partial charge >= 0.3 is 5.97 Å². The monoisotopic (exact) mass is 265 g/mol. The van der Waals surface area contributed by atoms with Crippen molar-refractivity contribution in [2.24, 2.45) is 0 Å². The summed E-state index contributed by atoms with van der Waals surface area (Å²) >= 11 is 0. The van der Waals surface area contributed by atoms with Gasteiger partial charge in [0.1, 0.15) is 12.4 Å². The second-order valence-corrected chi connectivity index (χ2v) is 4.16. The summed E-state index contributed by atoms with van der Waals surface area (Å²) in [5.74, 6) is -0.360. The summed E-state index contributed by atoms with van der Waals surface area (Å²) in [6.45, 7) is 4.89. The molecule has 1 aromatic carbocycles. The summed E-state index contributed by atoms with van der Waals surface area (Å²) in [5.41, 5.74) is 0.545. The number of carboxylic acids is 1. The molecule has 0 unspecified atom stereocenters. The molecule has 0 heterocycles. The van der Waals surface area contributed by atoms with E-state index in [9.17, 15) is 9.59 Å². The quantitative estimate of drug-likeness (QED) is 0.724. The molecule has 0 bridgehead atoms. The number of ether oxygens (including phenoxy) is 1. The van der Waals surface area contributed by atoms with Gasteiger partial charge in [-0.25, -0.2) is 0 Å². The largest absolute Gasteiger partial charge is 0.491 e. The van der Waals surface area contributed by atoms with Gasteiger partial charge in [0.15, 0.2) is 5.78 Å². The molecule has 0 aliphatic heterocycles. The third-order valence-corrected chi connectivity index (χ3v) is 2.74. The van der Waals surface area contributed by atoms with Crippen LogP contribution < -0.4 is 4.74 Å². The molecule has 0 atom stereocenters. The van der Waals surface area contributed by atoms with Gasteiger partial charge in [0, 0.05) is 6.54 Å². The van der Waals surface area contributed by atoms with Gasteiger partial charge in [-0.2, -0.15) is 0 Å². The standard InChI is InChI=1S/C14H19NO4/c1-3-15(10-14(17)18)8-9-19-13-7-5-4-6-12(13)11(2)16/h4-7H,3,8-10H2,1-2H3,(H,17,18). The average Bonchev–Trinajstić information content (AvgIpc) is 2.37. The number of benzene rings is 1. The van der Waals surface area contributed by atoms with E-state index in [1.54, 1.807) is 29.2 Å². The fraction of sp³-hybridized carbons (Fsp3) is 0.429. The van der Waals surface area contributed by atoms with Gasteiger partial charge in [0.05, 0.1) is 12.1 Å². The Labute approximate surface area is 112 Å². The van der Waals surface area contributed by atoms with E-state index in [0.717, 1.165) is 0 Å². The van der Waals surface area contributed by atoms with Crippen molar-refractivity contribution in [1.82, 2.24) is 4.90 Å². The maximum atomic E-state index is 11.4. The van der Waals surface area contributed by atoms with E-state index >= 15 is 0 Å². The Hall–Kier alpha value is -1.88. The van der Waals surface area contributed by atoms with Crippen molar-refractivity contribution >= 4 is 11.8 Å². The molecule has 0 aliphatic carbocycles. The minimum absolute atomic E-state index is 0.00574. The molecular formula is C14H19NO4. The van der Waals surface area contributed by atoms with Crippen molar-refractivity contribution in [3.05, 3.63) is 29.8 Å². The van der Waals surface area contributed by atoms with E-state index in [-0.39, 0.29) is 12.3 Å². The van der Waals surface area contributed by atoms with Gasteiger partial charge in [-0.3, -0.25) is 14.5 Å². The first-order valence-corrected chi connectivity index (χ1v) is 6.21. The summed E-state index contributed by atoms with van der Waals surface area (Å²) in [7, 11) is 0. The highest BCUT2D eigenvalue weighted by Gasteiger charge is 2.10. The molecule has 0 aliphatic rings. The number of hydrogen-bond acceptors (Lipinski definition) is 4. The van der Waals surface area contributed by atoms with Crippen molar-refractivity contribution in [1.29, 1.82) is 0 Å². The minimum atomic E-state index is -0.856. The molecule has 0 radical (unpaired) electrons. The maximum absolute atomic E-state index is 11.4. The molecule has 0 fully saturated rings. The highest BCUT2D eigenvalue weighted by molar-refractivity contribution is 5.96. The van der Waals surface area contributed by atoms with E-state index in [0.29, 0.717) is 31.0 Å². The highest BCUT2D eigenvalue weighted by Crippen LogP contribution is 2.18. The zero-order chi connectivity index (χ0) is 14.3. The molecule has 5 nitrogen and oxygen atoms in total. The van der Waals surface area contributed by atoms with Gasteiger partial charge in [-0.05, 0) is 25.6 Å². The highest BCUT2D eigenvalue weighted by atomic mass is 16.5. The summed E-state index contributed by atoms with van der Waals surface area (Å²) in [6, 6.07) is 7.04. The van der Waals surface area contributed by atoms with Crippen LogP contribution in [0, 0.1) is 0 Å². The molecule has 1 N–H and O–H groups in total. The lowest BCUT2D eigenvalue weighted by Gasteiger charge is -2.18. The summed E-state index contributed by atoms with van der Waals surface area (Å²) in [6.07, 6.45) is 0. The number of carbonyl (C=O) groups is 2. The Bertz CT molecular complexity index is 445. The van der Waals surface area contributed by atoms with Crippen molar-refractivity contribution in [3.63, 3.8) is 0 Å². The molecule has 0 saturated carbocycles. The molecule has 0 aromatic heterocycles. The first kappa shape index (κ1) is 15.2. The third-order valence-electron chi connectivity index (χ3n) is 2.74. The van der Waals surface area contributed by atoms with Gasteiger partial charge < -0.3 is 9.84 Å². The van der Waals surface area contributed by atoms with Crippen molar-refractivity contribution in [2.75, 3.05) is 26.2 Å². The summed E-state index contributed by atoms with van der Waals surface area (Å²) < 4.78 is 5.56. The number of carboxylic acid groups (broad SMARTS) is 1. The van der Waals surface area contributed by atoms with Crippen LogP contribution in [0.15, 0.2) is 24.3 Å². The zero-order valence-electron chi connectivity index (χ0n) is 11.3. The molecule has 1 rings (SSSR count). The smallest absolute Gasteiger partial charge is 0.317 e. The lowest BCUT2D eigenvalue weighted by Crippen LogP contribution is -2.33. The Morgan fingerprint density at radius 3 is 2.58 bits per heavy atom. The van der Waals surface area contributed by atoms with Gasteiger partial charge in [0.2, 0.25) is 0 Å². The topological polar surface area (TPSA) is 66.8 Å². The van der Waals surface area contributed by atoms with Crippen LogP contribution in [-0.2, 0) is 4.79 Å². The third kappa shape index (κ3) is 5.09. The lowest BCUT2D eigenvalue weighted by molar-refractivity contribution is -0.138. The number of ketones is 1. The number of para-hydroxylation sites is 1. The van der Waals surface area contributed by atoms with Crippen LogP contribution in [0.2, 0.25) is 0 Å². The van der Waals surface area contributed by atoms with E-state index in [1.165, 1.54) is 6.92 Å². The Kier molecular flexibility index (Phi) is 6.02. The maximum Gasteiger partial charge on any atom is 0.317 e. The Morgan fingerprint density at radius 2 is 2.00 bits per heavy atom. The molecule has 0 spiro atoms. The van der Waals surface area contributed by atoms with Crippen LogP contribution in [0.1, 0.15) is 24.2 Å². The number of carbonyl (C=O) groups excluding carboxylic acids is 1. The SMILES string of the molecule is CCN(CCOc1ccccc1C(C)=O)CC(=O)O. The number of rotatable bonds is 8. The average molecular weight is 265 g/mol. The van der Waals surface area contributed by atoms with Crippen LogP contribution in [-0.4, -0.2) is 48.0 Å². The van der Waals surface area contributed by atoms with Crippen molar-refractivity contribution in [3.8, 4) is 5.75 Å². The van der Waals surface area contributed by atoms with Crippen molar-refractivity contribution in [2.45, 2.75) is 13.8 Å². The first-order valence-electron chi connectivity index (χ1n) is 6.21. The molecule has 0 saturated heterocycles. The molecule has 5 heteroatoms. The van der Waals surface area contributed by atoms with E-state index in [1.807, 2.05) is 6.92 Å². The van der Waals surface area contributed by atoms with Gasteiger partial charge in [0.25, 0.3) is 0 Å². The summed E-state index contributed by atoms with van der Waals surface area (Å²) in [5, 5.41) is 8.72. The summed E-state index contributed by atoms with van der Waals surface area (Å²) in [4.78, 5) is 23.8. The first-order chi connectivity index (χ1) is 9.04. The fourth-order valence-electron chi connectivity index (χ4n) is 1.71. The Balaban J connectivity index is 2.53. The van der Waals surface area contributed by atoms with Crippen LogP contribution in [0.25, 0.3) is 0 Å². The van der Waals surface area contributed by atoms with Crippen LogP contribution in [0.5, 0.6) is 5.75 Å². The minimum Gasteiger partial charge on any atom is -0.491 e. The second-order valence-electron chi connectivity index (χ2n) is 4.16. The number of likely N-dealkylation sites (N-methyl/N-ethyl adjacent to an activating group) is 1. The fourth-order valence-corrected chi connectivity index (χ4v) is 1.71. The molecule has 1 aromatic rings. The molecule has 19 heavy (non-hydrogen) atoms. The van der Waals surface area contributed by atoms with E-state index in [2.05, 4.69) is 0 Å². The number of aliphatic carboxylic acids is 1. The van der Waals surface area contributed by atoms with E-state index < -0.39 is 5.97 Å². The number of nitrogens with zero attached hydrogens (tertiary/aromatic N) is 1. The lowest BCUT2D eigenvalue weighted by atomic mass is 10.1. The number of hydrogen-bond donors (Lipinski definition) is 1. The van der Waals surface area contributed by atoms with Crippen molar-refractivity contribution < 1.29 is 19.4 Å². The zero-order valence-corrected chi connectivity index (χ0v) is 11.3. The molecular weight excluding hydrogens is 246 g/mol. The predicted octanol–water partition coefficient (Wildman–Crippen LogP) is 1.67. The molecule has 104 valence electrons. The Morgan fingerprint density at radius 1 is 1.32 bits per heavy atom. The van der Waals surface area contributed by atoms with Gasteiger partial charge in [-0.15, -0.1) is 0 Å². The predicted molar refractivity (Wildman–Crippen MR) is 71.7 cm³/mol.